The van der Waals surface area contributed by atoms with Gasteiger partial charge in [-0.1, -0.05) is 48.5 Å². The minimum Gasteiger partial charge on any atom is -0.485 e. The molecule has 0 saturated carbocycles. The molecule has 2 unspecified atom stereocenters. The van der Waals surface area contributed by atoms with Gasteiger partial charge in [0.05, 0.1) is 0 Å². The molecule has 0 amide bonds. The van der Waals surface area contributed by atoms with Gasteiger partial charge in [0.15, 0.2) is 5.82 Å². The van der Waals surface area contributed by atoms with Crippen LogP contribution < -0.4 is 10.1 Å². The molecule has 1 fully saturated rings. The molecule has 2 aliphatic rings. The van der Waals surface area contributed by atoms with Crippen molar-refractivity contribution in [1.29, 1.82) is 0 Å². The van der Waals surface area contributed by atoms with Crippen LogP contribution in [-0.4, -0.2) is 26.8 Å². The molecule has 0 radical (unpaired) electrons. The summed E-state index contributed by atoms with van der Waals surface area (Å²) in [5.74, 6) is 2.88. The van der Waals surface area contributed by atoms with Crippen LogP contribution in [0.4, 0.5) is 0 Å². The maximum Gasteiger partial charge on any atom is 0.171 e. The molecular weight excluding hydrogens is 324 g/mol. The van der Waals surface area contributed by atoms with Crippen LogP contribution in [0.1, 0.15) is 24.5 Å². The molecule has 132 valence electrons. The van der Waals surface area contributed by atoms with Gasteiger partial charge in [0.25, 0.3) is 0 Å². The molecule has 1 saturated heterocycles. The molecule has 0 aliphatic carbocycles. The Hall–Kier alpha value is -2.66. The number of nitrogens with one attached hydrogen (secondary N) is 1. The predicted molar refractivity (Wildman–Crippen MR) is 99.9 cm³/mol. The van der Waals surface area contributed by atoms with Crippen molar-refractivity contribution < 1.29 is 4.74 Å². The Labute approximate surface area is 153 Å². The summed E-state index contributed by atoms with van der Waals surface area (Å²) >= 11 is 0. The van der Waals surface area contributed by atoms with Gasteiger partial charge in [-0.3, -0.25) is 0 Å². The van der Waals surface area contributed by atoms with E-state index in [1.54, 1.807) is 0 Å². The quantitative estimate of drug-likeness (QED) is 0.788. The maximum absolute atomic E-state index is 6.18. The number of hydrogen-bond acceptors (Lipinski definition) is 4. The zero-order valence-electron chi connectivity index (χ0n) is 14.6. The van der Waals surface area contributed by atoms with Gasteiger partial charge in [0, 0.05) is 30.6 Å². The van der Waals surface area contributed by atoms with Crippen molar-refractivity contribution in [3.63, 3.8) is 0 Å². The first-order valence-electron chi connectivity index (χ1n) is 9.31. The molecule has 2 aromatic carbocycles. The lowest BCUT2D eigenvalue weighted by Crippen LogP contribution is -2.30. The lowest BCUT2D eigenvalue weighted by Gasteiger charge is -2.15. The van der Waals surface area contributed by atoms with Crippen LogP contribution in [0.25, 0.3) is 11.1 Å². The number of fused-ring (bicyclic) bond motifs is 3. The van der Waals surface area contributed by atoms with E-state index in [1.807, 2.05) is 36.4 Å². The average molecular weight is 346 g/mol. The largest absolute Gasteiger partial charge is 0.485 e. The minimum atomic E-state index is 0.439. The standard InChI is InChI=1S/C21H22N4O/c1-2-6-15(7-3-1)18-8-4-5-9-19(18)26-14-21-24-23-20-12-16-10-11-17(22-16)13-25(20)21/h1-9,16-17,22H,10-14H2. The summed E-state index contributed by atoms with van der Waals surface area (Å²) in [7, 11) is 0. The van der Waals surface area contributed by atoms with E-state index in [1.165, 1.54) is 12.8 Å². The molecule has 5 rings (SSSR count). The van der Waals surface area contributed by atoms with Gasteiger partial charge in [-0.2, -0.15) is 0 Å². The van der Waals surface area contributed by atoms with E-state index in [9.17, 15) is 0 Å². The molecule has 5 heteroatoms. The Morgan fingerprint density at radius 2 is 1.77 bits per heavy atom. The summed E-state index contributed by atoms with van der Waals surface area (Å²) in [5, 5.41) is 12.5. The second kappa shape index (κ2) is 6.57. The van der Waals surface area contributed by atoms with E-state index in [0.717, 1.165) is 41.5 Å². The van der Waals surface area contributed by atoms with Crippen LogP contribution in [-0.2, 0) is 19.6 Å². The van der Waals surface area contributed by atoms with Crippen LogP contribution in [0.3, 0.4) is 0 Å². The highest BCUT2D eigenvalue weighted by atomic mass is 16.5. The zero-order valence-corrected chi connectivity index (χ0v) is 14.6. The summed E-state index contributed by atoms with van der Waals surface area (Å²) < 4.78 is 8.43. The first kappa shape index (κ1) is 15.6. The summed E-state index contributed by atoms with van der Waals surface area (Å²) in [5.41, 5.74) is 2.26. The smallest absolute Gasteiger partial charge is 0.171 e. The van der Waals surface area contributed by atoms with E-state index in [-0.39, 0.29) is 0 Å². The van der Waals surface area contributed by atoms with Gasteiger partial charge < -0.3 is 14.6 Å². The predicted octanol–water partition coefficient (Wildman–Crippen LogP) is 3.20. The molecule has 2 aliphatic heterocycles. The normalized spacial score (nSPS) is 21.2. The first-order chi connectivity index (χ1) is 12.9. The van der Waals surface area contributed by atoms with Gasteiger partial charge >= 0.3 is 0 Å². The monoisotopic (exact) mass is 346 g/mol. The third-order valence-corrected chi connectivity index (χ3v) is 5.40. The Morgan fingerprint density at radius 3 is 2.69 bits per heavy atom. The van der Waals surface area contributed by atoms with Crippen LogP contribution in [0.5, 0.6) is 5.75 Å². The fraction of sp³-hybridized carbons (Fsp3) is 0.333. The number of aromatic nitrogens is 3. The molecule has 0 spiro atoms. The van der Waals surface area contributed by atoms with Crippen molar-refractivity contribution in [3.8, 4) is 16.9 Å². The fourth-order valence-electron chi connectivity index (χ4n) is 4.08. The Morgan fingerprint density at radius 1 is 0.962 bits per heavy atom. The van der Waals surface area contributed by atoms with E-state index < -0.39 is 0 Å². The zero-order chi connectivity index (χ0) is 17.3. The minimum absolute atomic E-state index is 0.439. The average Bonchev–Trinajstić information content (AvgIpc) is 3.23. The number of ether oxygens (including phenoxy) is 1. The highest BCUT2D eigenvalue weighted by Gasteiger charge is 2.31. The summed E-state index contributed by atoms with van der Waals surface area (Å²) in [6, 6.07) is 19.6. The highest BCUT2D eigenvalue weighted by molar-refractivity contribution is 5.70. The molecule has 1 aromatic heterocycles. The molecule has 3 heterocycles. The lowest BCUT2D eigenvalue weighted by atomic mass is 10.1. The molecular formula is C21H22N4O. The fourth-order valence-corrected chi connectivity index (χ4v) is 4.08. The molecule has 5 nitrogen and oxygen atoms in total. The Kier molecular flexibility index (Phi) is 3.94. The second-order valence-corrected chi connectivity index (χ2v) is 7.14. The summed E-state index contributed by atoms with van der Waals surface area (Å²) in [4.78, 5) is 0. The van der Waals surface area contributed by atoms with Gasteiger partial charge in [-0.25, -0.2) is 0 Å². The van der Waals surface area contributed by atoms with E-state index >= 15 is 0 Å². The lowest BCUT2D eigenvalue weighted by molar-refractivity contribution is 0.287. The van der Waals surface area contributed by atoms with Crippen molar-refractivity contribution >= 4 is 0 Å². The van der Waals surface area contributed by atoms with Gasteiger partial charge in [-0.15, -0.1) is 10.2 Å². The summed E-state index contributed by atoms with van der Waals surface area (Å²) in [6.07, 6.45) is 3.44. The van der Waals surface area contributed by atoms with E-state index in [2.05, 4.69) is 38.3 Å². The van der Waals surface area contributed by atoms with Crippen molar-refractivity contribution in [1.82, 2.24) is 20.1 Å². The number of rotatable bonds is 4. The topological polar surface area (TPSA) is 52.0 Å². The van der Waals surface area contributed by atoms with Gasteiger partial charge in [0.2, 0.25) is 0 Å². The second-order valence-electron chi connectivity index (χ2n) is 7.14. The van der Waals surface area contributed by atoms with Crippen LogP contribution >= 0.6 is 0 Å². The number of para-hydroxylation sites is 1. The van der Waals surface area contributed by atoms with E-state index in [0.29, 0.717) is 18.7 Å². The third kappa shape index (κ3) is 2.88. The first-order valence-corrected chi connectivity index (χ1v) is 9.31. The Balaban J connectivity index is 1.39. The van der Waals surface area contributed by atoms with Crippen LogP contribution in [0, 0.1) is 0 Å². The number of hydrogen-bond donors (Lipinski definition) is 1. The third-order valence-electron chi connectivity index (χ3n) is 5.40. The maximum atomic E-state index is 6.18. The summed E-state index contributed by atoms with van der Waals surface area (Å²) in [6.45, 7) is 1.38. The van der Waals surface area contributed by atoms with Crippen molar-refractivity contribution in [2.24, 2.45) is 0 Å². The van der Waals surface area contributed by atoms with E-state index in [4.69, 9.17) is 4.74 Å². The molecule has 3 aromatic rings. The number of benzene rings is 2. The van der Waals surface area contributed by atoms with Gasteiger partial charge in [-0.05, 0) is 24.5 Å². The van der Waals surface area contributed by atoms with Crippen molar-refractivity contribution in [2.45, 2.75) is 44.5 Å². The van der Waals surface area contributed by atoms with Crippen LogP contribution in [0.15, 0.2) is 54.6 Å². The van der Waals surface area contributed by atoms with Crippen molar-refractivity contribution in [3.05, 3.63) is 66.2 Å². The molecule has 2 bridgehead atoms. The van der Waals surface area contributed by atoms with Gasteiger partial charge in [0.1, 0.15) is 18.2 Å². The SMILES string of the molecule is c1ccc(-c2ccccc2OCc2nnc3n2CC2CCC(C3)N2)cc1. The number of nitrogens with zero attached hydrogens (tertiary/aromatic N) is 3. The molecule has 2 atom stereocenters. The van der Waals surface area contributed by atoms with Crippen LogP contribution in [0.2, 0.25) is 0 Å². The molecule has 26 heavy (non-hydrogen) atoms. The van der Waals surface area contributed by atoms with Crippen molar-refractivity contribution in [2.75, 3.05) is 0 Å². The molecule has 1 N–H and O–H groups in total. The Bertz CT molecular complexity index is 905. The highest BCUT2D eigenvalue weighted by Crippen LogP contribution is 2.30.